The van der Waals surface area contributed by atoms with Crippen LogP contribution >= 0.6 is 0 Å². The molecule has 3 heteroatoms. The highest BCUT2D eigenvalue weighted by molar-refractivity contribution is 5.93. The van der Waals surface area contributed by atoms with Gasteiger partial charge in [0.05, 0.1) is 0 Å². The van der Waals surface area contributed by atoms with Crippen LogP contribution in [0.1, 0.15) is 55.9 Å². The molecule has 0 unspecified atom stereocenters. The first kappa shape index (κ1) is 11.8. The van der Waals surface area contributed by atoms with Crippen LogP contribution in [0.25, 0.3) is 0 Å². The van der Waals surface area contributed by atoms with Gasteiger partial charge in [-0.15, -0.1) is 0 Å². The minimum Gasteiger partial charge on any atom is -0.292 e. The summed E-state index contributed by atoms with van der Waals surface area (Å²) in [6, 6.07) is 1.64. The van der Waals surface area contributed by atoms with E-state index in [1.54, 1.807) is 12.3 Å². The van der Waals surface area contributed by atoms with Crippen molar-refractivity contribution >= 4 is 5.78 Å². The molecule has 0 bridgehead atoms. The summed E-state index contributed by atoms with van der Waals surface area (Å²) in [6.45, 7) is 2.18. The van der Waals surface area contributed by atoms with E-state index in [2.05, 4.69) is 23.2 Å². The Bertz CT molecular complexity index is 285. The second kappa shape index (κ2) is 7.10. The second-order valence-electron chi connectivity index (χ2n) is 3.63. The van der Waals surface area contributed by atoms with Crippen molar-refractivity contribution in [3.05, 3.63) is 24.3 Å². The molecule has 1 aromatic rings. The van der Waals surface area contributed by atoms with Gasteiger partial charge >= 0.3 is 0 Å². The van der Waals surface area contributed by atoms with Crippen LogP contribution in [-0.2, 0) is 0 Å². The fourth-order valence-electron chi connectivity index (χ4n) is 1.43. The fraction of sp³-hybridized carbons (Fsp3) is 0.583. The number of rotatable bonds is 7. The number of hydrogen-bond acceptors (Lipinski definition) is 3. The smallest absolute Gasteiger partial charge is 0.198 e. The first-order valence-electron chi connectivity index (χ1n) is 5.57. The van der Waals surface area contributed by atoms with Gasteiger partial charge in [0, 0.05) is 12.6 Å². The minimum absolute atomic E-state index is 0.102. The quantitative estimate of drug-likeness (QED) is 0.507. The monoisotopic (exact) mass is 205 g/mol. The molecule has 0 spiro atoms. The van der Waals surface area contributed by atoms with Gasteiger partial charge in [-0.3, -0.25) is 4.79 Å². The van der Waals surface area contributed by atoms with Crippen LogP contribution in [0.3, 0.4) is 0 Å². The lowest BCUT2D eigenvalue weighted by atomic mass is 10.1. The largest absolute Gasteiger partial charge is 0.292 e. The standard InChI is InChI=1S/C12H17N2O/c1-2-3-4-5-6-7-12(15)11-8-9-13-10-14-11/h8-9H,2-7H2,1H3. The van der Waals surface area contributed by atoms with Crippen molar-refractivity contribution in [2.75, 3.05) is 0 Å². The van der Waals surface area contributed by atoms with Crippen molar-refractivity contribution in [2.45, 2.75) is 45.4 Å². The van der Waals surface area contributed by atoms with Gasteiger partial charge < -0.3 is 0 Å². The molecular weight excluding hydrogens is 188 g/mol. The fourth-order valence-corrected chi connectivity index (χ4v) is 1.43. The van der Waals surface area contributed by atoms with Gasteiger partial charge in [-0.05, 0) is 12.5 Å². The third-order valence-electron chi connectivity index (χ3n) is 2.33. The number of carbonyl (C=O) groups excluding carboxylic acids is 1. The van der Waals surface area contributed by atoms with Crippen LogP contribution in [0, 0.1) is 6.33 Å². The summed E-state index contributed by atoms with van der Waals surface area (Å²) in [6.07, 6.45) is 10.4. The Hall–Kier alpha value is -1.25. The molecule has 0 aromatic carbocycles. The van der Waals surface area contributed by atoms with Crippen LogP contribution in [0.2, 0.25) is 0 Å². The molecule has 3 nitrogen and oxygen atoms in total. The van der Waals surface area contributed by atoms with E-state index >= 15 is 0 Å². The van der Waals surface area contributed by atoms with E-state index in [-0.39, 0.29) is 5.78 Å². The average Bonchev–Trinajstić information content (AvgIpc) is 2.30. The molecule has 1 rings (SSSR count). The highest BCUT2D eigenvalue weighted by atomic mass is 16.1. The number of unbranched alkanes of at least 4 members (excludes halogenated alkanes) is 4. The van der Waals surface area contributed by atoms with Crippen molar-refractivity contribution in [2.24, 2.45) is 0 Å². The van der Waals surface area contributed by atoms with Crippen molar-refractivity contribution in [3.63, 3.8) is 0 Å². The summed E-state index contributed by atoms with van der Waals surface area (Å²) in [5.41, 5.74) is 0.487. The molecule has 81 valence electrons. The Morgan fingerprint density at radius 2 is 2.13 bits per heavy atom. The van der Waals surface area contributed by atoms with E-state index in [1.165, 1.54) is 19.3 Å². The first-order valence-corrected chi connectivity index (χ1v) is 5.57. The first-order chi connectivity index (χ1) is 7.34. The summed E-state index contributed by atoms with van der Waals surface area (Å²) in [7, 11) is 0. The lowest BCUT2D eigenvalue weighted by Gasteiger charge is -1.99. The van der Waals surface area contributed by atoms with Gasteiger partial charge in [0.15, 0.2) is 12.1 Å². The number of ketones is 1. The van der Waals surface area contributed by atoms with Crippen molar-refractivity contribution in [3.8, 4) is 0 Å². The molecule has 1 radical (unpaired) electrons. The Morgan fingerprint density at radius 3 is 2.80 bits per heavy atom. The van der Waals surface area contributed by atoms with Gasteiger partial charge in [-0.2, -0.15) is 0 Å². The number of carbonyl (C=O) groups is 1. The highest BCUT2D eigenvalue weighted by Crippen LogP contribution is 2.07. The summed E-state index contributed by atoms with van der Waals surface area (Å²) < 4.78 is 0. The van der Waals surface area contributed by atoms with Crippen molar-refractivity contribution in [1.29, 1.82) is 0 Å². The summed E-state index contributed by atoms with van der Waals surface area (Å²) in [5, 5.41) is 0. The van der Waals surface area contributed by atoms with Gasteiger partial charge in [0.25, 0.3) is 0 Å². The SMILES string of the molecule is CCCCCCCC(=O)c1ccn[c]n1. The van der Waals surface area contributed by atoms with E-state index in [1.807, 2.05) is 0 Å². The molecule has 0 saturated carbocycles. The predicted molar refractivity (Wildman–Crippen MR) is 58.6 cm³/mol. The van der Waals surface area contributed by atoms with E-state index in [9.17, 15) is 4.79 Å². The lowest BCUT2D eigenvalue weighted by Crippen LogP contribution is -2.02. The molecule has 0 aliphatic carbocycles. The Morgan fingerprint density at radius 1 is 1.33 bits per heavy atom. The molecule has 0 atom stereocenters. The zero-order valence-electron chi connectivity index (χ0n) is 9.20. The second-order valence-corrected chi connectivity index (χ2v) is 3.63. The van der Waals surface area contributed by atoms with Crippen LogP contribution in [0.15, 0.2) is 12.3 Å². The van der Waals surface area contributed by atoms with Crippen molar-refractivity contribution in [1.82, 2.24) is 9.97 Å². The van der Waals surface area contributed by atoms with E-state index < -0.39 is 0 Å². The van der Waals surface area contributed by atoms with Crippen LogP contribution in [0.5, 0.6) is 0 Å². The normalized spacial score (nSPS) is 10.2. The average molecular weight is 205 g/mol. The van der Waals surface area contributed by atoms with Crippen LogP contribution < -0.4 is 0 Å². The Balaban J connectivity index is 2.20. The maximum atomic E-state index is 11.6. The summed E-state index contributed by atoms with van der Waals surface area (Å²) in [4.78, 5) is 19.0. The molecule has 0 aliphatic rings. The van der Waals surface area contributed by atoms with E-state index in [0.717, 1.165) is 12.8 Å². The third-order valence-corrected chi connectivity index (χ3v) is 2.33. The summed E-state index contributed by atoms with van der Waals surface area (Å²) in [5.74, 6) is 0.102. The topological polar surface area (TPSA) is 42.9 Å². The maximum Gasteiger partial charge on any atom is 0.198 e. The summed E-state index contributed by atoms with van der Waals surface area (Å²) >= 11 is 0. The molecule has 1 aromatic heterocycles. The van der Waals surface area contributed by atoms with E-state index in [0.29, 0.717) is 12.1 Å². The van der Waals surface area contributed by atoms with Crippen LogP contribution in [0.4, 0.5) is 0 Å². The van der Waals surface area contributed by atoms with Gasteiger partial charge in [-0.25, -0.2) is 9.97 Å². The zero-order chi connectivity index (χ0) is 10.9. The van der Waals surface area contributed by atoms with Crippen LogP contribution in [-0.4, -0.2) is 15.8 Å². The Kier molecular flexibility index (Phi) is 5.59. The molecule has 0 N–H and O–H groups in total. The number of hydrogen-bond donors (Lipinski definition) is 0. The molecule has 0 aliphatic heterocycles. The highest BCUT2D eigenvalue weighted by Gasteiger charge is 2.05. The predicted octanol–water partition coefficient (Wildman–Crippen LogP) is 2.82. The molecule has 0 saturated heterocycles. The molecule has 0 fully saturated rings. The third kappa shape index (κ3) is 4.68. The van der Waals surface area contributed by atoms with Crippen molar-refractivity contribution < 1.29 is 4.79 Å². The molecule has 15 heavy (non-hydrogen) atoms. The van der Waals surface area contributed by atoms with Gasteiger partial charge in [0.2, 0.25) is 0 Å². The lowest BCUT2D eigenvalue weighted by molar-refractivity contribution is 0.0974. The van der Waals surface area contributed by atoms with E-state index in [4.69, 9.17) is 0 Å². The maximum absolute atomic E-state index is 11.6. The zero-order valence-corrected chi connectivity index (χ0v) is 9.20. The number of nitrogens with zero attached hydrogens (tertiary/aromatic N) is 2. The molecular formula is C12H17N2O. The minimum atomic E-state index is 0.102. The number of Topliss-reactive ketones (excluding diaryl/α,β-unsaturated/α-hetero) is 1. The Labute approximate surface area is 91.0 Å². The van der Waals surface area contributed by atoms with Gasteiger partial charge in [0.1, 0.15) is 5.69 Å². The van der Waals surface area contributed by atoms with Gasteiger partial charge in [-0.1, -0.05) is 32.6 Å². The molecule has 0 amide bonds. The molecule has 1 heterocycles. The number of aromatic nitrogens is 2.